The summed E-state index contributed by atoms with van der Waals surface area (Å²) in [5, 5.41) is 0. The maximum atomic E-state index is 11.6. The fourth-order valence-electron chi connectivity index (χ4n) is 3.04. The van der Waals surface area contributed by atoms with Crippen LogP contribution in [-0.2, 0) is 10.2 Å². The maximum Gasteiger partial charge on any atom is 0.131 e. The van der Waals surface area contributed by atoms with Crippen LogP contribution in [0.1, 0.15) is 32.8 Å². The summed E-state index contributed by atoms with van der Waals surface area (Å²) in [6, 6.07) is 10.7. The van der Waals surface area contributed by atoms with E-state index in [0.29, 0.717) is 6.04 Å². The first-order valence-electron chi connectivity index (χ1n) is 6.81. The van der Waals surface area contributed by atoms with Crippen molar-refractivity contribution in [3.05, 3.63) is 35.9 Å². The van der Waals surface area contributed by atoms with Gasteiger partial charge < -0.3 is 4.79 Å². The number of carbonyl (C=O) groups is 1. The molecule has 1 aliphatic rings. The Morgan fingerprint density at radius 1 is 1.33 bits per heavy atom. The topological polar surface area (TPSA) is 20.3 Å². The van der Waals surface area contributed by atoms with Crippen molar-refractivity contribution in [1.82, 2.24) is 4.90 Å². The van der Waals surface area contributed by atoms with Crippen LogP contribution in [-0.4, -0.2) is 30.3 Å². The SMILES string of the molecule is CC1CC(C)N(CC(C)(C=O)c2ccccc2)C1. The normalized spacial score (nSPS) is 27.9. The smallest absolute Gasteiger partial charge is 0.131 e. The molecule has 0 bridgehead atoms. The third-order valence-electron chi connectivity index (χ3n) is 4.14. The summed E-state index contributed by atoms with van der Waals surface area (Å²) in [5.74, 6) is 0.742. The Balaban J connectivity index is 2.16. The quantitative estimate of drug-likeness (QED) is 0.760. The molecule has 1 fully saturated rings. The van der Waals surface area contributed by atoms with Gasteiger partial charge in [0, 0.05) is 19.1 Å². The maximum absolute atomic E-state index is 11.6. The average molecular weight is 245 g/mol. The average Bonchev–Trinajstić information content (AvgIpc) is 2.68. The molecule has 0 N–H and O–H groups in total. The molecule has 18 heavy (non-hydrogen) atoms. The van der Waals surface area contributed by atoms with Gasteiger partial charge in [0.25, 0.3) is 0 Å². The van der Waals surface area contributed by atoms with Crippen LogP contribution in [0.2, 0.25) is 0 Å². The van der Waals surface area contributed by atoms with Crippen LogP contribution in [0.4, 0.5) is 0 Å². The van der Waals surface area contributed by atoms with E-state index < -0.39 is 0 Å². The lowest BCUT2D eigenvalue weighted by molar-refractivity contribution is -0.112. The number of carbonyl (C=O) groups excluding carboxylic acids is 1. The number of aldehydes is 1. The van der Waals surface area contributed by atoms with Crippen LogP contribution in [0.3, 0.4) is 0 Å². The van der Waals surface area contributed by atoms with Crippen molar-refractivity contribution >= 4 is 6.29 Å². The van der Waals surface area contributed by atoms with Crippen molar-refractivity contribution < 1.29 is 4.79 Å². The van der Waals surface area contributed by atoms with Gasteiger partial charge in [-0.1, -0.05) is 37.3 Å². The van der Waals surface area contributed by atoms with E-state index in [1.165, 1.54) is 6.42 Å². The highest BCUT2D eigenvalue weighted by molar-refractivity contribution is 5.68. The lowest BCUT2D eigenvalue weighted by atomic mass is 9.83. The summed E-state index contributed by atoms with van der Waals surface area (Å²) in [4.78, 5) is 14.0. The molecule has 1 aliphatic heterocycles. The van der Waals surface area contributed by atoms with E-state index in [1.807, 2.05) is 25.1 Å². The minimum atomic E-state index is -0.389. The molecule has 3 unspecified atom stereocenters. The van der Waals surface area contributed by atoms with E-state index in [2.05, 4.69) is 30.9 Å². The summed E-state index contributed by atoms with van der Waals surface area (Å²) in [6.07, 6.45) is 2.35. The first kappa shape index (κ1) is 13.3. The molecule has 1 saturated heterocycles. The summed E-state index contributed by atoms with van der Waals surface area (Å²) < 4.78 is 0. The fraction of sp³-hybridized carbons (Fsp3) is 0.562. The zero-order chi connectivity index (χ0) is 13.2. The van der Waals surface area contributed by atoms with Crippen molar-refractivity contribution in [2.75, 3.05) is 13.1 Å². The second kappa shape index (κ2) is 5.23. The highest BCUT2D eigenvalue weighted by Gasteiger charge is 2.34. The van der Waals surface area contributed by atoms with Gasteiger partial charge in [-0.25, -0.2) is 0 Å². The van der Waals surface area contributed by atoms with Gasteiger partial charge in [-0.15, -0.1) is 0 Å². The monoisotopic (exact) mass is 245 g/mol. The summed E-state index contributed by atoms with van der Waals surface area (Å²) >= 11 is 0. The van der Waals surface area contributed by atoms with E-state index in [-0.39, 0.29) is 5.41 Å². The Kier molecular flexibility index (Phi) is 3.86. The van der Waals surface area contributed by atoms with Crippen molar-refractivity contribution in [2.45, 2.75) is 38.6 Å². The Hall–Kier alpha value is -1.15. The van der Waals surface area contributed by atoms with E-state index in [0.717, 1.165) is 30.9 Å². The van der Waals surface area contributed by atoms with E-state index >= 15 is 0 Å². The largest absolute Gasteiger partial charge is 0.302 e. The van der Waals surface area contributed by atoms with Crippen LogP contribution in [0, 0.1) is 5.92 Å². The van der Waals surface area contributed by atoms with Gasteiger partial charge in [-0.2, -0.15) is 0 Å². The number of hydrogen-bond acceptors (Lipinski definition) is 2. The Labute approximate surface area is 110 Å². The number of benzene rings is 1. The zero-order valence-electron chi connectivity index (χ0n) is 11.6. The van der Waals surface area contributed by atoms with Gasteiger partial charge in [0.05, 0.1) is 5.41 Å². The summed E-state index contributed by atoms with van der Waals surface area (Å²) in [6.45, 7) is 8.53. The molecule has 1 aromatic rings. The molecule has 1 aromatic carbocycles. The fourth-order valence-corrected chi connectivity index (χ4v) is 3.04. The van der Waals surface area contributed by atoms with E-state index in [9.17, 15) is 4.79 Å². The van der Waals surface area contributed by atoms with Crippen LogP contribution >= 0.6 is 0 Å². The van der Waals surface area contributed by atoms with Gasteiger partial charge in [-0.05, 0) is 31.7 Å². The van der Waals surface area contributed by atoms with Crippen LogP contribution in [0.25, 0.3) is 0 Å². The number of nitrogens with zero attached hydrogens (tertiary/aromatic N) is 1. The molecule has 1 heterocycles. The molecule has 0 aromatic heterocycles. The molecule has 98 valence electrons. The highest BCUT2D eigenvalue weighted by atomic mass is 16.1. The zero-order valence-corrected chi connectivity index (χ0v) is 11.6. The number of rotatable bonds is 4. The minimum Gasteiger partial charge on any atom is -0.302 e. The minimum absolute atomic E-state index is 0.389. The molecule has 0 radical (unpaired) electrons. The van der Waals surface area contributed by atoms with Crippen molar-refractivity contribution in [3.8, 4) is 0 Å². The molecular formula is C16H23NO. The molecule has 2 rings (SSSR count). The standard InChI is InChI=1S/C16H23NO/c1-13-9-14(2)17(10-13)11-16(3,12-18)15-7-5-4-6-8-15/h4-8,12-14H,9-11H2,1-3H3. The van der Waals surface area contributed by atoms with Gasteiger partial charge in [-0.3, -0.25) is 4.90 Å². The van der Waals surface area contributed by atoms with Gasteiger partial charge in [0.1, 0.15) is 6.29 Å². The lowest BCUT2D eigenvalue weighted by Gasteiger charge is -2.32. The predicted molar refractivity (Wildman–Crippen MR) is 74.7 cm³/mol. The highest BCUT2D eigenvalue weighted by Crippen LogP contribution is 2.29. The summed E-state index contributed by atoms with van der Waals surface area (Å²) in [5.41, 5.74) is 0.728. The predicted octanol–water partition coefficient (Wildman–Crippen LogP) is 2.87. The number of likely N-dealkylation sites (tertiary alicyclic amines) is 1. The number of hydrogen-bond donors (Lipinski definition) is 0. The Morgan fingerprint density at radius 3 is 2.50 bits per heavy atom. The molecule has 0 saturated carbocycles. The van der Waals surface area contributed by atoms with Crippen molar-refractivity contribution in [2.24, 2.45) is 5.92 Å². The second-order valence-corrected chi connectivity index (χ2v) is 6.02. The molecule has 0 aliphatic carbocycles. The van der Waals surface area contributed by atoms with Gasteiger partial charge in [0.2, 0.25) is 0 Å². The first-order valence-corrected chi connectivity index (χ1v) is 6.81. The third-order valence-corrected chi connectivity index (χ3v) is 4.14. The molecule has 2 heteroatoms. The van der Waals surface area contributed by atoms with Crippen LogP contribution in [0.5, 0.6) is 0 Å². The van der Waals surface area contributed by atoms with Crippen LogP contribution < -0.4 is 0 Å². The molecule has 2 nitrogen and oxygen atoms in total. The van der Waals surface area contributed by atoms with E-state index in [1.54, 1.807) is 0 Å². The third kappa shape index (κ3) is 2.64. The van der Waals surface area contributed by atoms with Gasteiger partial charge >= 0.3 is 0 Å². The lowest BCUT2D eigenvalue weighted by Crippen LogP contribution is -2.41. The molecule has 3 atom stereocenters. The first-order chi connectivity index (χ1) is 8.55. The molecule has 0 amide bonds. The summed E-state index contributed by atoms with van der Waals surface area (Å²) in [7, 11) is 0. The van der Waals surface area contributed by atoms with Crippen molar-refractivity contribution in [3.63, 3.8) is 0 Å². The van der Waals surface area contributed by atoms with Crippen molar-refractivity contribution in [1.29, 1.82) is 0 Å². The molecular weight excluding hydrogens is 222 g/mol. The molecule has 0 spiro atoms. The Bertz CT molecular complexity index is 403. The van der Waals surface area contributed by atoms with Gasteiger partial charge in [0.15, 0.2) is 0 Å². The Morgan fingerprint density at radius 2 is 2.00 bits per heavy atom. The van der Waals surface area contributed by atoms with E-state index in [4.69, 9.17) is 0 Å². The second-order valence-electron chi connectivity index (χ2n) is 6.02. The van der Waals surface area contributed by atoms with Crippen LogP contribution in [0.15, 0.2) is 30.3 Å².